The van der Waals surface area contributed by atoms with Crippen LogP contribution in [-0.2, 0) is 4.79 Å². The molecule has 0 aliphatic heterocycles. The normalized spacial score (nSPS) is 28.6. The number of alkyl halides is 1. The second-order valence-electron chi connectivity index (χ2n) is 4.05. The van der Waals surface area contributed by atoms with Crippen LogP contribution in [-0.4, -0.2) is 12.1 Å². The summed E-state index contributed by atoms with van der Waals surface area (Å²) in [5.74, 6) is -0.239. The summed E-state index contributed by atoms with van der Waals surface area (Å²) in [5.41, 5.74) is -0.115. The van der Waals surface area contributed by atoms with Crippen LogP contribution in [0.15, 0.2) is 28.7 Å². The van der Waals surface area contributed by atoms with E-state index in [4.69, 9.17) is 0 Å². The highest BCUT2D eigenvalue weighted by molar-refractivity contribution is 9.10. The van der Waals surface area contributed by atoms with Crippen molar-refractivity contribution in [3.8, 4) is 0 Å². The average molecular weight is 272 g/mol. The minimum atomic E-state index is -0.993. The van der Waals surface area contributed by atoms with Gasteiger partial charge in [0.15, 0.2) is 0 Å². The zero-order valence-electron chi connectivity index (χ0n) is 8.26. The zero-order valence-corrected chi connectivity index (χ0v) is 9.84. The van der Waals surface area contributed by atoms with Crippen molar-refractivity contribution >= 4 is 27.5 Å². The van der Waals surface area contributed by atoms with E-state index >= 15 is 0 Å². The maximum absolute atomic E-state index is 12.9. The molecule has 0 spiro atoms. The van der Waals surface area contributed by atoms with Gasteiger partial charge in [-0.25, -0.2) is 4.39 Å². The van der Waals surface area contributed by atoms with Crippen molar-refractivity contribution in [2.75, 3.05) is 5.32 Å². The summed E-state index contributed by atoms with van der Waals surface area (Å²) < 4.78 is 13.9. The Morgan fingerprint density at radius 3 is 2.53 bits per heavy atom. The Balaban J connectivity index is 2.04. The predicted octanol–water partition coefficient (Wildman–Crippen LogP) is 3.14. The van der Waals surface area contributed by atoms with Crippen LogP contribution in [0.4, 0.5) is 10.1 Å². The van der Waals surface area contributed by atoms with E-state index in [9.17, 15) is 9.18 Å². The molecule has 2 nitrogen and oxygen atoms in total. The van der Waals surface area contributed by atoms with Gasteiger partial charge in [-0.2, -0.15) is 0 Å². The highest BCUT2D eigenvalue weighted by Gasteiger charge is 2.57. The fraction of sp³-hybridized carbons (Fsp3) is 0.364. The lowest BCUT2D eigenvalue weighted by Gasteiger charge is -2.09. The molecule has 0 aromatic heterocycles. The van der Waals surface area contributed by atoms with Crippen molar-refractivity contribution in [2.45, 2.75) is 19.5 Å². The molecule has 0 radical (unpaired) electrons. The Kier molecular flexibility index (Phi) is 2.54. The lowest BCUT2D eigenvalue weighted by molar-refractivity contribution is -0.121. The smallest absolute Gasteiger partial charge is 0.233 e. The molecule has 2 rings (SSSR count). The van der Waals surface area contributed by atoms with E-state index in [2.05, 4.69) is 21.2 Å². The van der Waals surface area contributed by atoms with E-state index in [1.807, 2.05) is 12.1 Å². The van der Waals surface area contributed by atoms with E-state index < -0.39 is 11.6 Å². The maximum Gasteiger partial charge on any atom is 0.233 e. The van der Waals surface area contributed by atoms with Crippen molar-refractivity contribution in [3.63, 3.8) is 0 Å². The van der Waals surface area contributed by atoms with Gasteiger partial charge in [-0.05, 0) is 37.6 Å². The molecule has 1 aliphatic carbocycles. The molecule has 80 valence electrons. The molecular weight excluding hydrogens is 261 g/mol. The zero-order chi connectivity index (χ0) is 11.1. The number of hydrogen-bond acceptors (Lipinski definition) is 1. The van der Waals surface area contributed by atoms with Crippen LogP contribution in [0.5, 0.6) is 0 Å². The van der Waals surface area contributed by atoms with Gasteiger partial charge in [0.2, 0.25) is 5.91 Å². The minimum absolute atomic E-state index is 0.239. The van der Waals surface area contributed by atoms with Gasteiger partial charge in [-0.1, -0.05) is 15.9 Å². The first-order chi connectivity index (χ1) is 7.02. The Bertz CT molecular complexity index is 392. The van der Waals surface area contributed by atoms with Gasteiger partial charge in [-0.3, -0.25) is 4.79 Å². The van der Waals surface area contributed by atoms with Gasteiger partial charge in [-0.15, -0.1) is 0 Å². The number of hydrogen-bond donors (Lipinski definition) is 1. The number of amides is 1. The topological polar surface area (TPSA) is 29.1 Å². The second-order valence-corrected chi connectivity index (χ2v) is 4.97. The number of carbonyl (C=O) groups is 1. The summed E-state index contributed by atoms with van der Waals surface area (Å²) in [7, 11) is 0. The van der Waals surface area contributed by atoms with Crippen LogP contribution in [0.2, 0.25) is 0 Å². The van der Waals surface area contributed by atoms with Gasteiger partial charge < -0.3 is 5.32 Å². The number of anilines is 1. The first-order valence-corrected chi connectivity index (χ1v) is 5.53. The molecule has 0 bridgehead atoms. The summed E-state index contributed by atoms with van der Waals surface area (Å²) >= 11 is 3.30. The Labute approximate surface area is 96.0 Å². The maximum atomic E-state index is 12.9. The molecule has 4 heteroatoms. The fourth-order valence-corrected chi connectivity index (χ4v) is 1.62. The van der Waals surface area contributed by atoms with Crippen LogP contribution in [0.25, 0.3) is 0 Å². The molecule has 1 aromatic rings. The number of carbonyl (C=O) groups excluding carboxylic acids is 1. The number of halogens is 2. The Morgan fingerprint density at radius 2 is 2.07 bits per heavy atom. The molecule has 2 atom stereocenters. The van der Waals surface area contributed by atoms with Crippen LogP contribution in [0.1, 0.15) is 13.3 Å². The third kappa shape index (κ3) is 2.04. The standard InChI is InChI=1S/C11H11BrFNO/c1-11(6-9(11)13)10(15)14-8-4-2-7(12)3-5-8/h2-5,9H,6H2,1H3,(H,14,15). The minimum Gasteiger partial charge on any atom is -0.326 e. The van der Waals surface area contributed by atoms with Gasteiger partial charge in [0.05, 0.1) is 5.41 Å². The highest BCUT2D eigenvalue weighted by Crippen LogP contribution is 2.48. The van der Waals surface area contributed by atoms with Crippen molar-refractivity contribution in [1.29, 1.82) is 0 Å². The molecule has 1 fully saturated rings. The highest BCUT2D eigenvalue weighted by atomic mass is 79.9. The van der Waals surface area contributed by atoms with Gasteiger partial charge in [0, 0.05) is 10.2 Å². The monoisotopic (exact) mass is 271 g/mol. The average Bonchev–Trinajstić information content (AvgIpc) is 2.80. The molecule has 0 saturated heterocycles. The Morgan fingerprint density at radius 1 is 1.53 bits per heavy atom. The first-order valence-electron chi connectivity index (χ1n) is 4.73. The van der Waals surface area contributed by atoms with Crippen molar-refractivity contribution in [1.82, 2.24) is 0 Å². The predicted molar refractivity (Wildman–Crippen MR) is 60.4 cm³/mol. The summed E-state index contributed by atoms with van der Waals surface area (Å²) in [6, 6.07) is 7.22. The molecule has 1 aromatic carbocycles. The molecule has 2 unspecified atom stereocenters. The van der Waals surface area contributed by atoms with E-state index in [1.54, 1.807) is 19.1 Å². The number of nitrogens with one attached hydrogen (secondary N) is 1. The SMILES string of the molecule is CC1(C(=O)Nc2ccc(Br)cc2)CC1F. The number of rotatable bonds is 2. The van der Waals surface area contributed by atoms with E-state index in [-0.39, 0.29) is 5.91 Å². The summed E-state index contributed by atoms with van der Waals surface area (Å²) in [4.78, 5) is 11.6. The summed E-state index contributed by atoms with van der Waals surface area (Å²) in [5, 5.41) is 2.70. The summed E-state index contributed by atoms with van der Waals surface area (Å²) in [6.07, 6.45) is -0.664. The van der Waals surface area contributed by atoms with E-state index in [0.717, 1.165) is 4.47 Å². The lowest BCUT2D eigenvalue weighted by atomic mass is 10.1. The third-order valence-corrected chi connectivity index (χ3v) is 3.28. The number of benzene rings is 1. The molecule has 1 N–H and O–H groups in total. The molecule has 1 aliphatic rings. The molecule has 1 saturated carbocycles. The van der Waals surface area contributed by atoms with Crippen LogP contribution >= 0.6 is 15.9 Å². The quantitative estimate of drug-likeness (QED) is 0.880. The van der Waals surface area contributed by atoms with Crippen molar-refractivity contribution in [2.24, 2.45) is 5.41 Å². The molecule has 1 amide bonds. The van der Waals surface area contributed by atoms with Crippen LogP contribution < -0.4 is 5.32 Å². The van der Waals surface area contributed by atoms with E-state index in [1.165, 1.54) is 0 Å². The Hall–Kier alpha value is -0.900. The van der Waals surface area contributed by atoms with Crippen LogP contribution in [0.3, 0.4) is 0 Å². The largest absolute Gasteiger partial charge is 0.326 e. The van der Waals surface area contributed by atoms with Gasteiger partial charge in [0.1, 0.15) is 6.17 Å². The molecular formula is C11H11BrFNO. The summed E-state index contributed by atoms with van der Waals surface area (Å²) in [6.45, 7) is 1.64. The second kappa shape index (κ2) is 3.59. The van der Waals surface area contributed by atoms with Crippen LogP contribution in [0, 0.1) is 5.41 Å². The fourth-order valence-electron chi connectivity index (χ4n) is 1.36. The van der Waals surface area contributed by atoms with E-state index in [0.29, 0.717) is 12.1 Å². The van der Waals surface area contributed by atoms with Crippen molar-refractivity contribution < 1.29 is 9.18 Å². The molecule has 0 heterocycles. The molecule has 15 heavy (non-hydrogen) atoms. The van der Waals surface area contributed by atoms with Gasteiger partial charge >= 0.3 is 0 Å². The first kappa shape index (κ1) is 10.6. The van der Waals surface area contributed by atoms with Crippen molar-refractivity contribution in [3.05, 3.63) is 28.7 Å². The van der Waals surface area contributed by atoms with Gasteiger partial charge in [0.25, 0.3) is 0 Å². The lowest BCUT2D eigenvalue weighted by Crippen LogP contribution is -2.23. The third-order valence-electron chi connectivity index (χ3n) is 2.76.